The molecule has 3 aliphatic rings. The van der Waals surface area contributed by atoms with E-state index in [2.05, 4.69) is 29.2 Å². The quantitative estimate of drug-likeness (QED) is 0.707. The lowest BCUT2D eigenvalue weighted by Gasteiger charge is -2.38. The molecule has 1 aliphatic carbocycles. The minimum atomic E-state index is -0.362. The summed E-state index contributed by atoms with van der Waals surface area (Å²) in [7, 11) is 0. The number of fused-ring (bicyclic) bond motifs is 1. The van der Waals surface area contributed by atoms with Crippen LogP contribution in [0.25, 0.3) is 0 Å². The molecular weight excluding hydrogens is 352 g/mol. The fourth-order valence-corrected chi connectivity index (χ4v) is 5.10. The number of ether oxygens (including phenoxy) is 1. The number of carbonyl (C=O) groups excluding carboxylic acids is 2. The van der Waals surface area contributed by atoms with Crippen LogP contribution in [0.15, 0.2) is 24.3 Å². The monoisotopic (exact) mass is 384 g/mol. The number of nitrogens with zero attached hydrogens (tertiary/aromatic N) is 2. The molecule has 1 aromatic rings. The summed E-state index contributed by atoms with van der Waals surface area (Å²) in [5.74, 6) is -0.229. The smallest absolute Gasteiger partial charge is 0.289 e. The fraction of sp³-hybridized carbons (Fsp3) is 0.652. The third kappa shape index (κ3) is 4.47. The van der Waals surface area contributed by atoms with E-state index in [0.29, 0.717) is 25.0 Å². The minimum absolute atomic E-state index is 0.0976. The molecule has 2 aliphatic heterocycles. The van der Waals surface area contributed by atoms with Gasteiger partial charge in [-0.25, -0.2) is 0 Å². The lowest BCUT2D eigenvalue weighted by Crippen LogP contribution is -2.47. The van der Waals surface area contributed by atoms with Crippen molar-refractivity contribution in [3.63, 3.8) is 0 Å². The molecule has 0 unspecified atom stereocenters. The van der Waals surface area contributed by atoms with Crippen LogP contribution in [0.3, 0.4) is 0 Å². The topological polar surface area (TPSA) is 49.9 Å². The number of benzene rings is 1. The van der Waals surface area contributed by atoms with Crippen LogP contribution in [0, 0.1) is 5.92 Å². The number of ketones is 1. The van der Waals surface area contributed by atoms with Gasteiger partial charge in [-0.05, 0) is 68.7 Å². The summed E-state index contributed by atoms with van der Waals surface area (Å²) < 4.78 is 5.70. The molecule has 0 N–H and O–H groups in total. The predicted molar refractivity (Wildman–Crippen MR) is 108 cm³/mol. The highest BCUT2D eigenvalue weighted by atomic mass is 16.5. The fourth-order valence-electron chi connectivity index (χ4n) is 5.10. The van der Waals surface area contributed by atoms with Crippen molar-refractivity contribution in [2.24, 2.45) is 5.92 Å². The van der Waals surface area contributed by atoms with Gasteiger partial charge in [0.2, 0.25) is 5.78 Å². The number of hydrogen-bond acceptors (Lipinski definition) is 4. The van der Waals surface area contributed by atoms with Gasteiger partial charge in [0.15, 0.2) is 0 Å². The number of carbonyl (C=O) groups is 2. The minimum Gasteiger partial charge on any atom is -0.376 e. The molecule has 4 rings (SSSR count). The SMILES string of the molecule is CC(=O)C(=O)N(CC1CCN(C2Cc3ccccc3C2)CC1)C[C@@H]1CCCO1. The summed E-state index contributed by atoms with van der Waals surface area (Å²) in [5.41, 5.74) is 3.01. The van der Waals surface area contributed by atoms with Gasteiger partial charge in [-0.2, -0.15) is 0 Å². The van der Waals surface area contributed by atoms with E-state index >= 15 is 0 Å². The molecule has 1 atom stereocenters. The van der Waals surface area contributed by atoms with Crippen LogP contribution in [-0.2, 0) is 27.2 Å². The van der Waals surface area contributed by atoms with E-state index in [1.54, 1.807) is 4.90 Å². The summed E-state index contributed by atoms with van der Waals surface area (Å²) >= 11 is 0. The Balaban J connectivity index is 1.29. The van der Waals surface area contributed by atoms with Crippen LogP contribution in [0.1, 0.15) is 43.7 Å². The summed E-state index contributed by atoms with van der Waals surface area (Å²) in [4.78, 5) is 28.5. The van der Waals surface area contributed by atoms with Gasteiger partial charge in [-0.1, -0.05) is 24.3 Å². The number of Topliss-reactive ketones (excluding diaryl/α,β-unsaturated/α-hetero) is 1. The largest absolute Gasteiger partial charge is 0.376 e. The first-order valence-electron chi connectivity index (χ1n) is 10.8. The van der Waals surface area contributed by atoms with E-state index in [9.17, 15) is 9.59 Å². The van der Waals surface area contributed by atoms with Crippen molar-refractivity contribution in [2.45, 2.75) is 57.6 Å². The summed E-state index contributed by atoms with van der Waals surface area (Å²) in [6, 6.07) is 9.43. The second kappa shape index (κ2) is 8.75. The summed E-state index contributed by atoms with van der Waals surface area (Å²) in [6.07, 6.45) is 6.65. The average molecular weight is 385 g/mol. The molecule has 1 aromatic carbocycles. The highest BCUT2D eigenvalue weighted by molar-refractivity contribution is 6.35. The molecule has 152 valence electrons. The molecule has 0 spiro atoms. The second-order valence-corrected chi connectivity index (χ2v) is 8.71. The van der Waals surface area contributed by atoms with Crippen molar-refractivity contribution in [1.82, 2.24) is 9.80 Å². The zero-order chi connectivity index (χ0) is 19.5. The van der Waals surface area contributed by atoms with Crippen LogP contribution in [0.2, 0.25) is 0 Å². The van der Waals surface area contributed by atoms with Gasteiger partial charge in [-0.15, -0.1) is 0 Å². The van der Waals surface area contributed by atoms with Gasteiger partial charge in [0, 0.05) is 32.7 Å². The van der Waals surface area contributed by atoms with E-state index in [1.165, 1.54) is 18.1 Å². The zero-order valence-corrected chi connectivity index (χ0v) is 16.9. The summed E-state index contributed by atoms with van der Waals surface area (Å²) in [6.45, 7) is 5.59. The Hall–Kier alpha value is -1.72. The first kappa shape index (κ1) is 19.6. The number of hydrogen-bond donors (Lipinski definition) is 0. The average Bonchev–Trinajstić information content (AvgIpc) is 3.36. The molecule has 0 bridgehead atoms. The molecule has 28 heavy (non-hydrogen) atoms. The Labute approximate surface area is 168 Å². The van der Waals surface area contributed by atoms with Crippen LogP contribution >= 0.6 is 0 Å². The number of piperidine rings is 1. The van der Waals surface area contributed by atoms with E-state index in [1.807, 2.05) is 0 Å². The van der Waals surface area contributed by atoms with Gasteiger partial charge >= 0.3 is 0 Å². The van der Waals surface area contributed by atoms with Gasteiger partial charge in [0.05, 0.1) is 6.10 Å². The van der Waals surface area contributed by atoms with Gasteiger partial charge < -0.3 is 9.64 Å². The molecule has 2 fully saturated rings. The van der Waals surface area contributed by atoms with E-state index in [-0.39, 0.29) is 17.8 Å². The van der Waals surface area contributed by atoms with E-state index < -0.39 is 0 Å². The lowest BCUT2D eigenvalue weighted by atomic mass is 9.94. The first-order chi connectivity index (χ1) is 13.6. The van der Waals surface area contributed by atoms with Crippen LogP contribution < -0.4 is 0 Å². The Morgan fingerprint density at radius 3 is 2.32 bits per heavy atom. The molecule has 5 heteroatoms. The lowest BCUT2D eigenvalue weighted by molar-refractivity contribution is -0.145. The maximum absolute atomic E-state index is 12.4. The highest BCUT2D eigenvalue weighted by Gasteiger charge is 2.32. The number of likely N-dealkylation sites (tertiary alicyclic amines) is 1. The van der Waals surface area contributed by atoms with Crippen molar-refractivity contribution >= 4 is 11.7 Å². The first-order valence-corrected chi connectivity index (χ1v) is 10.8. The zero-order valence-electron chi connectivity index (χ0n) is 16.9. The number of amides is 1. The highest BCUT2D eigenvalue weighted by Crippen LogP contribution is 2.29. The van der Waals surface area contributed by atoms with Crippen LogP contribution in [0.4, 0.5) is 0 Å². The third-order valence-corrected chi connectivity index (χ3v) is 6.71. The van der Waals surface area contributed by atoms with Crippen molar-refractivity contribution in [1.29, 1.82) is 0 Å². The maximum Gasteiger partial charge on any atom is 0.289 e. The van der Waals surface area contributed by atoms with E-state index in [0.717, 1.165) is 58.2 Å². The Morgan fingerprint density at radius 2 is 1.75 bits per heavy atom. The number of rotatable bonds is 6. The van der Waals surface area contributed by atoms with Gasteiger partial charge in [0.1, 0.15) is 0 Å². The molecule has 2 saturated heterocycles. The molecule has 1 amide bonds. The van der Waals surface area contributed by atoms with Crippen molar-refractivity contribution in [2.75, 3.05) is 32.8 Å². The Kier molecular flexibility index (Phi) is 6.12. The van der Waals surface area contributed by atoms with Gasteiger partial charge in [-0.3, -0.25) is 14.5 Å². The third-order valence-electron chi connectivity index (χ3n) is 6.71. The standard InChI is InChI=1S/C23H32N2O3/c1-17(26)23(27)25(16-22-7-4-12-28-22)15-18-8-10-24(11-9-18)21-13-19-5-2-3-6-20(19)14-21/h2-3,5-6,18,21-22H,4,7-16H2,1H3/t22-/m0/s1. The van der Waals surface area contributed by atoms with Crippen molar-refractivity contribution in [3.05, 3.63) is 35.4 Å². The molecular formula is C23H32N2O3. The molecule has 0 aromatic heterocycles. The molecule has 0 saturated carbocycles. The predicted octanol–water partition coefficient (Wildman–Crippen LogP) is 2.46. The van der Waals surface area contributed by atoms with Gasteiger partial charge in [0.25, 0.3) is 5.91 Å². The molecule has 5 nitrogen and oxygen atoms in total. The normalized spacial score (nSPS) is 23.7. The van der Waals surface area contributed by atoms with Crippen molar-refractivity contribution in [3.8, 4) is 0 Å². The van der Waals surface area contributed by atoms with Crippen molar-refractivity contribution < 1.29 is 14.3 Å². The Bertz CT molecular complexity index is 681. The maximum atomic E-state index is 12.4. The molecule has 0 radical (unpaired) electrons. The second-order valence-electron chi connectivity index (χ2n) is 8.71. The Morgan fingerprint density at radius 1 is 1.07 bits per heavy atom. The van der Waals surface area contributed by atoms with Crippen LogP contribution in [0.5, 0.6) is 0 Å². The van der Waals surface area contributed by atoms with Crippen LogP contribution in [-0.4, -0.2) is 66.4 Å². The summed E-state index contributed by atoms with van der Waals surface area (Å²) in [5, 5.41) is 0. The van der Waals surface area contributed by atoms with E-state index in [4.69, 9.17) is 4.74 Å². The molecule has 2 heterocycles.